The van der Waals surface area contributed by atoms with Crippen molar-refractivity contribution in [3.05, 3.63) is 42.9 Å². The summed E-state index contributed by atoms with van der Waals surface area (Å²) in [6, 6.07) is 3.29. The fourth-order valence-electron chi connectivity index (χ4n) is 1.58. The molecule has 5 heteroatoms. The van der Waals surface area contributed by atoms with Crippen LogP contribution in [0.3, 0.4) is 0 Å². The molecule has 4 nitrogen and oxygen atoms in total. The second-order valence-corrected chi connectivity index (χ2v) is 3.40. The number of aromatic nitrogens is 4. The molecule has 0 aliphatic heterocycles. The zero-order valence-electron chi connectivity index (χ0n) is 8.18. The SMILES string of the molecule is Fc1cncc(-c2cc3cncnc3[nH]2)c1. The van der Waals surface area contributed by atoms with Crippen LogP contribution in [0.25, 0.3) is 22.3 Å². The molecule has 0 aliphatic carbocycles. The lowest BCUT2D eigenvalue weighted by atomic mass is 10.2. The minimum Gasteiger partial charge on any atom is -0.339 e. The summed E-state index contributed by atoms with van der Waals surface area (Å²) in [6.07, 6.45) is 5.94. The van der Waals surface area contributed by atoms with E-state index < -0.39 is 0 Å². The van der Waals surface area contributed by atoms with Crippen LogP contribution in [-0.4, -0.2) is 19.9 Å². The third kappa shape index (κ3) is 1.42. The Hall–Kier alpha value is -2.30. The molecule has 3 heterocycles. The summed E-state index contributed by atoms with van der Waals surface area (Å²) >= 11 is 0. The third-order valence-corrected chi connectivity index (χ3v) is 2.31. The topological polar surface area (TPSA) is 54.5 Å². The van der Waals surface area contributed by atoms with Gasteiger partial charge in [0.25, 0.3) is 0 Å². The number of pyridine rings is 1. The molecule has 0 aromatic carbocycles. The standard InChI is InChI=1S/C11H7FN4/c12-9-1-7(3-13-5-9)10-2-8-4-14-6-15-11(8)16-10/h1-6H,(H,14,15,16). The van der Waals surface area contributed by atoms with E-state index in [4.69, 9.17) is 0 Å². The molecule has 0 saturated heterocycles. The van der Waals surface area contributed by atoms with Crippen molar-refractivity contribution in [2.45, 2.75) is 0 Å². The number of rotatable bonds is 1. The normalized spacial score (nSPS) is 10.8. The highest BCUT2D eigenvalue weighted by Crippen LogP contribution is 2.21. The van der Waals surface area contributed by atoms with Crippen molar-refractivity contribution in [2.24, 2.45) is 0 Å². The van der Waals surface area contributed by atoms with Gasteiger partial charge >= 0.3 is 0 Å². The maximum Gasteiger partial charge on any atom is 0.142 e. The maximum absolute atomic E-state index is 13.0. The Morgan fingerprint density at radius 1 is 1.06 bits per heavy atom. The van der Waals surface area contributed by atoms with Crippen LogP contribution in [-0.2, 0) is 0 Å². The molecular weight excluding hydrogens is 207 g/mol. The quantitative estimate of drug-likeness (QED) is 0.675. The lowest BCUT2D eigenvalue weighted by Gasteiger charge is -1.95. The Bertz CT molecular complexity index is 614. The van der Waals surface area contributed by atoms with Gasteiger partial charge in [-0.05, 0) is 12.1 Å². The van der Waals surface area contributed by atoms with Crippen molar-refractivity contribution in [1.29, 1.82) is 0 Å². The predicted octanol–water partition coefficient (Wildman–Crippen LogP) is 2.16. The van der Waals surface area contributed by atoms with Crippen LogP contribution in [0.2, 0.25) is 0 Å². The molecule has 3 rings (SSSR count). The van der Waals surface area contributed by atoms with Crippen molar-refractivity contribution >= 4 is 11.0 Å². The van der Waals surface area contributed by atoms with Crippen LogP contribution < -0.4 is 0 Å². The van der Waals surface area contributed by atoms with Crippen LogP contribution in [0.15, 0.2) is 37.1 Å². The van der Waals surface area contributed by atoms with Crippen LogP contribution >= 0.6 is 0 Å². The van der Waals surface area contributed by atoms with Gasteiger partial charge in [-0.2, -0.15) is 0 Å². The lowest BCUT2D eigenvalue weighted by Crippen LogP contribution is -1.82. The molecule has 0 spiro atoms. The average molecular weight is 214 g/mol. The van der Waals surface area contributed by atoms with Crippen molar-refractivity contribution in [3.63, 3.8) is 0 Å². The Kier molecular flexibility index (Phi) is 1.89. The van der Waals surface area contributed by atoms with Crippen LogP contribution in [0.1, 0.15) is 0 Å². The molecule has 3 aromatic heterocycles. The summed E-state index contributed by atoms with van der Waals surface area (Å²) in [4.78, 5) is 14.9. The summed E-state index contributed by atoms with van der Waals surface area (Å²) in [5, 5.41) is 0.891. The summed E-state index contributed by atoms with van der Waals surface area (Å²) < 4.78 is 13.0. The Morgan fingerprint density at radius 2 is 2.00 bits per heavy atom. The van der Waals surface area contributed by atoms with Crippen molar-refractivity contribution in [1.82, 2.24) is 19.9 Å². The minimum absolute atomic E-state index is 0.359. The molecule has 0 bridgehead atoms. The number of hydrogen-bond acceptors (Lipinski definition) is 3. The van der Waals surface area contributed by atoms with Gasteiger partial charge in [0.15, 0.2) is 0 Å². The number of halogens is 1. The highest BCUT2D eigenvalue weighted by Gasteiger charge is 2.04. The molecule has 0 radical (unpaired) electrons. The number of fused-ring (bicyclic) bond motifs is 1. The number of hydrogen-bond donors (Lipinski definition) is 1. The van der Waals surface area contributed by atoms with Gasteiger partial charge in [-0.15, -0.1) is 0 Å². The largest absolute Gasteiger partial charge is 0.339 e. The minimum atomic E-state index is -0.359. The van der Waals surface area contributed by atoms with E-state index >= 15 is 0 Å². The van der Waals surface area contributed by atoms with E-state index in [0.29, 0.717) is 5.56 Å². The van der Waals surface area contributed by atoms with E-state index in [1.807, 2.05) is 6.07 Å². The smallest absolute Gasteiger partial charge is 0.142 e. The molecule has 16 heavy (non-hydrogen) atoms. The highest BCUT2D eigenvalue weighted by atomic mass is 19.1. The number of aromatic amines is 1. The van der Waals surface area contributed by atoms with Crippen LogP contribution in [0.4, 0.5) is 4.39 Å². The van der Waals surface area contributed by atoms with Gasteiger partial charge in [-0.1, -0.05) is 0 Å². The van der Waals surface area contributed by atoms with Gasteiger partial charge in [-0.3, -0.25) is 4.98 Å². The molecule has 0 unspecified atom stereocenters. The Balaban J connectivity index is 2.19. The van der Waals surface area contributed by atoms with E-state index in [0.717, 1.165) is 16.7 Å². The zero-order valence-corrected chi connectivity index (χ0v) is 8.18. The van der Waals surface area contributed by atoms with Crippen LogP contribution in [0, 0.1) is 5.82 Å². The second kappa shape index (κ2) is 3.37. The molecule has 0 aliphatic rings. The van der Waals surface area contributed by atoms with Crippen molar-refractivity contribution < 1.29 is 4.39 Å². The van der Waals surface area contributed by atoms with Gasteiger partial charge < -0.3 is 4.98 Å². The molecule has 78 valence electrons. The van der Waals surface area contributed by atoms with Gasteiger partial charge in [0.2, 0.25) is 0 Å². The molecule has 0 atom stereocenters. The molecular formula is C11H7FN4. The van der Waals surface area contributed by atoms with Gasteiger partial charge in [0.05, 0.1) is 6.20 Å². The first-order chi connectivity index (χ1) is 7.83. The number of H-pyrrole nitrogens is 1. The summed E-state index contributed by atoms with van der Waals surface area (Å²) in [5.74, 6) is -0.359. The molecule has 0 saturated carbocycles. The van der Waals surface area contributed by atoms with Crippen molar-refractivity contribution in [3.8, 4) is 11.3 Å². The maximum atomic E-state index is 13.0. The summed E-state index contributed by atoms with van der Waals surface area (Å²) in [5.41, 5.74) is 2.20. The van der Waals surface area contributed by atoms with Gasteiger partial charge in [0, 0.05) is 29.0 Å². The number of nitrogens with one attached hydrogen (secondary N) is 1. The van der Waals surface area contributed by atoms with Gasteiger partial charge in [-0.25, -0.2) is 14.4 Å². The first kappa shape index (κ1) is 8.96. The molecule has 1 N–H and O–H groups in total. The van der Waals surface area contributed by atoms with E-state index in [2.05, 4.69) is 19.9 Å². The Labute approximate surface area is 90.2 Å². The van der Waals surface area contributed by atoms with E-state index in [-0.39, 0.29) is 5.82 Å². The molecule has 3 aromatic rings. The van der Waals surface area contributed by atoms with Crippen LogP contribution in [0.5, 0.6) is 0 Å². The highest BCUT2D eigenvalue weighted by molar-refractivity contribution is 5.81. The molecule has 0 fully saturated rings. The Morgan fingerprint density at radius 3 is 2.81 bits per heavy atom. The van der Waals surface area contributed by atoms with E-state index in [1.54, 1.807) is 12.4 Å². The predicted molar refractivity (Wildman–Crippen MR) is 57.1 cm³/mol. The third-order valence-electron chi connectivity index (χ3n) is 2.31. The average Bonchev–Trinajstić information content (AvgIpc) is 2.72. The first-order valence-corrected chi connectivity index (χ1v) is 4.72. The zero-order chi connectivity index (χ0) is 11.0. The summed E-state index contributed by atoms with van der Waals surface area (Å²) in [6.45, 7) is 0. The summed E-state index contributed by atoms with van der Waals surface area (Å²) in [7, 11) is 0. The second-order valence-electron chi connectivity index (χ2n) is 3.40. The number of nitrogens with zero attached hydrogens (tertiary/aromatic N) is 3. The lowest BCUT2D eigenvalue weighted by molar-refractivity contribution is 0.622. The fraction of sp³-hybridized carbons (Fsp3) is 0. The molecule has 0 amide bonds. The first-order valence-electron chi connectivity index (χ1n) is 4.72. The van der Waals surface area contributed by atoms with Gasteiger partial charge in [0.1, 0.15) is 17.8 Å². The van der Waals surface area contributed by atoms with Crippen molar-refractivity contribution in [2.75, 3.05) is 0 Å². The van der Waals surface area contributed by atoms with E-state index in [1.165, 1.54) is 18.6 Å². The fourth-order valence-corrected chi connectivity index (χ4v) is 1.58. The van der Waals surface area contributed by atoms with E-state index in [9.17, 15) is 4.39 Å². The monoisotopic (exact) mass is 214 g/mol.